The normalized spacial score (nSPS) is 18.6. The SMILES string of the molecule is CN(CC1CCc2nc(C(F)(F)F)cn2C1)CC(O)c1cc(F)ccc1F. The van der Waals surface area contributed by atoms with Crippen molar-refractivity contribution in [2.24, 2.45) is 5.92 Å². The Labute approximate surface area is 153 Å². The molecule has 0 spiro atoms. The number of rotatable bonds is 5. The molecule has 9 heteroatoms. The van der Waals surface area contributed by atoms with E-state index in [2.05, 4.69) is 4.98 Å². The molecule has 148 valence electrons. The number of alkyl halides is 3. The fourth-order valence-electron chi connectivity index (χ4n) is 3.48. The Balaban J connectivity index is 1.59. The molecule has 4 nitrogen and oxygen atoms in total. The maximum Gasteiger partial charge on any atom is 0.434 e. The van der Waals surface area contributed by atoms with Gasteiger partial charge in [-0.3, -0.25) is 0 Å². The minimum absolute atomic E-state index is 0.0716. The molecule has 1 aromatic carbocycles. The monoisotopic (exact) mass is 389 g/mol. The summed E-state index contributed by atoms with van der Waals surface area (Å²) in [6, 6.07) is 2.91. The molecule has 2 aromatic rings. The molecule has 2 atom stereocenters. The van der Waals surface area contributed by atoms with E-state index in [0.717, 1.165) is 24.4 Å². The van der Waals surface area contributed by atoms with Gasteiger partial charge < -0.3 is 14.6 Å². The summed E-state index contributed by atoms with van der Waals surface area (Å²) in [6.45, 7) is 0.988. The summed E-state index contributed by atoms with van der Waals surface area (Å²) in [5.74, 6) is -0.823. The third kappa shape index (κ3) is 4.65. The number of imidazole rings is 1. The molecule has 2 unspecified atom stereocenters. The lowest BCUT2D eigenvalue weighted by atomic mass is 9.98. The van der Waals surface area contributed by atoms with Crippen LogP contribution in [0.25, 0.3) is 0 Å². The predicted molar refractivity (Wildman–Crippen MR) is 87.9 cm³/mol. The van der Waals surface area contributed by atoms with E-state index in [4.69, 9.17) is 0 Å². The zero-order valence-corrected chi connectivity index (χ0v) is 14.7. The van der Waals surface area contributed by atoms with Gasteiger partial charge in [0.15, 0.2) is 5.69 Å². The Morgan fingerprint density at radius 2 is 2.07 bits per heavy atom. The van der Waals surface area contributed by atoms with E-state index < -0.39 is 29.6 Å². The van der Waals surface area contributed by atoms with Gasteiger partial charge in [0.25, 0.3) is 0 Å². The van der Waals surface area contributed by atoms with Crippen molar-refractivity contribution in [1.82, 2.24) is 14.5 Å². The molecule has 27 heavy (non-hydrogen) atoms. The van der Waals surface area contributed by atoms with Gasteiger partial charge in [-0.1, -0.05) is 0 Å². The van der Waals surface area contributed by atoms with E-state index in [0.29, 0.717) is 31.8 Å². The average Bonchev–Trinajstić information content (AvgIpc) is 3.00. The first-order chi connectivity index (χ1) is 12.6. The number of aliphatic hydroxyl groups is 1. The Bertz CT molecular complexity index is 805. The molecule has 0 saturated carbocycles. The molecule has 2 heterocycles. The third-order valence-electron chi connectivity index (χ3n) is 4.75. The fourth-order valence-corrected chi connectivity index (χ4v) is 3.48. The van der Waals surface area contributed by atoms with Crippen LogP contribution in [0.15, 0.2) is 24.4 Å². The number of hydrogen-bond acceptors (Lipinski definition) is 3. The second kappa shape index (κ2) is 7.55. The number of benzene rings is 1. The summed E-state index contributed by atoms with van der Waals surface area (Å²) in [7, 11) is 1.73. The third-order valence-corrected chi connectivity index (χ3v) is 4.75. The van der Waals surface area contributed by atoms with Crippen molar-refractivity contribution >= 4 is 0 Å². The number of hydrogen-bond donors (Lipinski definition) is 1. The molecule has 0 aliphatic carbocycles. The van der Waals surface area contributed by atoms with Gasteiger partial charge in [0.05, 0.1) is 6.10 Å². The smallest absolute Gasteiger partial charge is 0.387 e. The minimum Gasteiger partial charge on any atom is -0.387 e. The zero-order chi connectivity index (χ0) is 19.8. The molecule has 0 saturated heterocycles. The summed E-state index contributed by atoms with van der Waals surface area (Å²) in [4.78, 5) is 5.42. The molecule has 1 aliphatic rings. The van der Waals surface area contributed by atoms with Crippen molar-refractivity contribution in [3.63, 3.8) is 0 Å². The minimum atomic E-state index is -4.46. The fraction of sp³-hybridized carbons (Fsp3) is 0.500. The van der Waals surface area contributed by atoms with Crippen LogP contribution in [-0.4, -0.2) is 39.7 Å². The number of nitrogens with zero attached hydrogens (tertiary/aromatic N) is 3. The van der Waals surface area contributed by atoms with Crippen molar-refractivity contribution in [2.75, 3.05) is 20.1 Å². The van der Waals surface area contributed by atoms with Crippen molar-refractivity contribution in [3.8, 4) is 0 Å². The highest BCUT2D eigenvalue weighted by Crippen LogP contribution is 2.31. The summed E-state index contributed by atoms with van der Waals surface area (Å²) in [5, 5.41) is 10.2. The molecule has 0 radical (unpaired) electrons. The number of halogens is 5. The largest absolute Gasteiger partial charge is 0.434 e. The van der Waals surface area contributed by atoms with Crippen LogP contribution in [0.4, 0.5) is 22.0 Å². The molecule has 1 aliphatic heterocycles. The predicted octanol–water partition coefficient (Wildman–Crippen LogP) is 3.41. The standard InChI is InChI=1S/C18H20F5N3O/c1-25(9-15(27)13-6-12(19)3-4-14(13)20)7-11-2-5-17-24-16(18(21,22)23)10-26(17)8-11/h3-4,6,10-11,15,27H,2,5,7-9H2,1H3. The highest BCUT2D eigenvalue weighted by Gasteiger charge is 2.35. The van der Waals surface area contributed by atoms with Crippen LogP contribution in [0.2, 0.25) is 0 Å². The first-order valence-corrected chi connectivity index (χ1v) is 8.58. The summed E-state index contributed by atoms with van der Waals surface area (Å²) in [6.07, 6.45) is -3.53. The molecular weight excluding hydrogens is 369 g/mol. The molecule has 1 aromatic heterocycles. The van der Waals surface area contributed by atoms with Crippen LogP contribution in [0.3, 0.4) is 0 Å². The average molecular weight is 389 g/mol. The number of aromatic nitrogens is 2. The molecule has 3 rings (SSSR count). The van der Waals surface area contributed by atoms with E-state index in [-0.39, 0.29) is 18.0 Å². The summed E-state index contributed by atoms with van der Waals surface area (Å²) < 4.78 is 66.9. The van der Waals surface area contributed by atoms with E-state index in [1.807, 2.05) is 0 Å². The quantitative estimate of drug-likeness (QED) is 0.797. The lowest BCUT2D eigenvalue weighted by Crippen LogP contribution is -2.34. The van der Waals surface area contributed by atoms with Crippen molar-refractivity contribution < 1.29 is 27.1 Å². The van der Waals surface area contributed by atoms with Gasteiger partial charge in [0, 0.05) is 37.8 Å². The van der Waals surface area contributed by atoms with Crippen LogP contribution in [0, 0.1) is 17.6 Å². The van der Waals surface area contributed by atoms with Gasteiger partial charge in [-0.05, 0) is 37.6 Å². The maximum absolute atomic E-state index is 13.7. The molecule has 0 fully saturated rings. The Hall–Kier alpha value is -2.00. The maximum atomic E-state index is 13.7. The van der Waals surface area contributed by atoms with E-state index >= 15 is 0 Å². The summed E-state index contributed by atoms with van der Waals surface area (Å²) >= 11 is 0. The van der Waals surface area contributed by atoms with E-state index in [9.17, 15) is 27.1 Å². The Morgan fingerprint density at radius 1 is 1.33 bits per heavy atom. The van der Waals surface area contributed by atoms with Gasteiger partial charge >= 0.3 is 6.18 Å². The first-order valence-electron chi connectivity index (χ1n) is 8.58. The van der Waals surface area contributed by atoms with Gasteiger partial charge in [0.1, 0.15) is 17.5 Å². The molecule has 1 N–H and O–H groups in total. The molecular formula is C18H20F5N3O. The van der Waals surface area contributed by atoms with Crippen LogP contribution in [0.1, 0.15) is 29.6 Å². The van der Waals surface area contributed by atoms with E-state index in [1.165, 1.54) is 4.57 Å². The van der Waals surface area contributed by atoms with Crippen molar-refractivity contribution in [2.45, 2.75) is 31.7 Å². The summed E-state index contributed by atoms with van der Waals surface area (Å²) in [5.41, 5.74) is -0.999. The van der Waals surface area contributed by atoms with Crippen molar-refractivity contribution in [1.29, 1.82) is 0 Å². The highest BCUT2D eigenvalue weighted by molar-refractivity contribution is 5.21. The lowest BCUT2D eigenvalue weighted by Gasteiger charge is -2.29. The Morgan fingerprint density at radius 3 is 2.78 bits per heavy atom. The van der Waals surface area contributed by atoms with Gasteiger partial charge in [0.2, 0.25) is 0 Å². The molecule has 0 bridgehead atoms. The van der Waals surface area contributed by atoms with Crippen molar-refractivity contribution in [3.05, 3.63) is 53.1 Å². The van der Waals surface area contributed by atoms with E-state index in [1.54, 1.807) is 11.9 Å². The second-order valence-corrected chi connectivity index (χ2v) is 7.00. The first kappa shape index (κ1) is 19.8. The van der Waals surface area contributed by atoms with Crippen LogP contribution in [-0.2, 0) is 19.1 Å². The van der Waals surface area contributed by atoms with Gasteiger partial charge in [-0.2, -0.15) is 13.2 Å². The Kier molecular flexibility index (Phi) is 5.53. The number of aryl methyl sites for hydroxylation is 1. The van der Waals surface area contributed by atoms with Crippen LogP contribution in [0.5, 0.6) is 0 Å². The van der Waals surface area contributed by atoms with Gasteiger partial charge in [-0.25, -0.2) is 13.8 Å². The number of aliphatic hydroxyl groups excluding tert-OH is 1. The molecule has 0 amide bonds. The topological polar surface area (TPSA) is 41.3 Å². The van der Waals surface area contributed by atoms with Crippen LogP contribution >= 0.6 is 0 Å². The zero-order valence-electron chi connectivity index (χ0n) is 14.7. The number of likely N-dealkylation sites (N-methyl/N-ethyl adjacent to an activating group) is 1. The highest BCUT2D eigenvalue weighted by atomic mass is 19.4. The lowest BCUT2D eigenvalue weighted by molar-refractivity contribution is -0.141. The second-order valence-electron chi connectivity index (χ2n) is 7.00. The van der Waals surface area contributed by atoms with Crippen LogP contribution < -0.4 is 0 Å². The number of fused-ring (bicyclic) bond motifs is 1. The van der Waals surface area contributed by atoms with Gasteiger partial charge in [-0.15, -0.1) is 0 Å².